The summed E-state index contributed by atoms with van der Waals surface area (Å²) in [5.74, 6) is -0.103. The van der Waals surface area contributed by atoms with Crippen molar-refractivity contribution in [2.24, 2.45) is 5.41 Å². The standard InChI is InChI=1S/C19H28N2O5/c1-18(13-25-19(26-14-18)8-4-3-5-9-19)17(22)21-15-6-7-16(20-12-15)24-11-10-23-2/h6-7,12H,3-5,8-11,13-14H2,1-2H3,(H,21,22). The van der Waals surface area contributed by atoms with Gasteiger partial charge < -0.3 is 24.3 Å². The van der Waals surface area contributed by atoms with Crippen LogP contribution in [0.15, 0.2) is 18.3 Å². The van der Waals surface area contributed by atoms with E-state index in [4.69, 9.17) is 18.9 Å². The maximum atomic E-state index is 12.7. The van der Waals surface area contributed by atoms with Crippen LogP contribution in [0.5, 0.6) is 5.88 Å². The molecule has 1 saturated carbocycles. The summed E-state index contributed by atoms with van der Waals surface area (Å²) >= 11 is 0. The maximum absolute atomic E-state index is 12.7. The van der Waals surface area contributed by atoms with E-state index in [0.29, 0.717) is 38.0 Å². The van der Waals surface area contributed by atoms with E-state index in [2.05, 4.69) is 10.3 Å². The molecule has 144 valence electrons. The molecule has 0 radical (unpaired) electrons. The molecule has 1 aromatic rings. The van der Waals surface area contributed by atoms with Crippen molar-refractivity contribution >= 4 is 11.6 Å². The van der Waals surface area contributed by atoms with Gasteiger partial charge in [-0.1, -0.05) is 6.42 Å². The van der Waals surface area contributed by atoms with E-state index in [1.807, 2.05) is 6.92 Å². The molecule has 7 nitrogen and oxygen atoms in total. The molecule has 1 amide bonds. The lowest BCUT2D eigenvalue weighted by Crippen LogP contribution is -2.53. The first-order chi connectivity index (χ1) is 12.6. The number of ether oxygens (including phenoxy) is 4. The zero-order valence-electron chi connectivity index (χ0n) is 15.6. The second kappa shape index (κ2) is 8.33. The number of amides is 1. The lowest BCUT2D eigenvalue weighted by atomic mass is 9.87. The quantitative estimate of drug-likeness (QED) is 0.782. The van der Waals surface area contributed by atoms with Crippen molar-refractivity contribution < 1.29 is 23.7 Å². The van der Waals surface area contributed by atoms with Crippen molar-refractivity contribution in [3.63, 3.8) is 0 Å². The molecule has 0 aromatic carbocycles. The second-order valence-corrected chi connectivity index (χ2v) is 7.29. The summed E-state index contributed by atoms with van der Waals surface area (Å²) in [6.07, 6.45) is 6.88. The fourth-order valence-corrected chi connectivity index (χ4v) is 3.23. The Balaban J connectivity index is 1.52. The SMILES string of the molecule is COCCOc1ccc(NC(=O)C2(C)COC3(CCCCC3)OC2)cn1. The molecule has 1 spiro atoms. The Morgan fingerprint density at radius 1 is 1.19 bits per heavy atom. The highest BCUT2D eigenvalue weighted by Crippen LogP contribution is 2.39. The van der Waals surface area contributed by atoms with Crippen molar-refractivity contribution in [1.82, 2.24) is 4.98 Å². The number of carbonyl (C=O) groups is 1. The van der Waals surface area contributed by atoms with E-state index < -0.39 is 11.2 Å². The molecule has 7 heteroatoms. The molecule has 0 unspecified atom stereocenters. The van der Waals surface area contributed by atoms with Gasteiger partial charge in [0.1, 0.15) is 6.61 Å². The van der Waals surface area contributed by atoms with E-state index in [1.165, 1.54) is 6.42 Å². The molecule has 2 heterocycles. The fraction of sp³-hybridized carbons (Fsp3) is 0.684. The summed E-state index contributed by atoms with van der Waals surface area (Å²) in [4.78, 5) is 16.9. The van der Waals surface area contributed by atoms with Gasteiger partial charge >= 0.3 is 0 Å². The van der Waals surface area contributed by atoms with Crippen LogP contribution in [0.2, 0.25) is 0 Å². The number of hydrogen-bond donors (Lipinski definition) is 1. The number of hydrogen-bond acceptors (Lipinski definition) is 6. The van der Waals surface area contributed by atoms with Gasteiger partial charge in [-0.15, -0.1) is 0 Å². The van der Waals surface area contributed by atoms with Crippen LogP contribution in [-0.2, 0) is 19.0 Å². The molecular formula is C19H28N2O5. The summed E-state index contributed by atoms with van der Waals surface area (Å²) < 4.78 is 22.4. The monoisotopic (exact) mass is 364 g/mol. The van der Waals surface area contributed by atoms with Crippen LogP contribution in [0, 0.1) is 5.41 Å². The van der Waals surface area contributed by atoms with Gasteiger partial charge in [-0.2, -0.15) is 0 Å². The minimum atomic E-state index is -0.712. The first-order valence-electron chi connectivity index (χ1n) is 9.22. The Hall–Kier alpha value is -1.70. The van der Waals surface area contributed by atoms with Crippen molar-refractivity contribution in [1.29, 1.82) is 0 Å². The fourth-order valence-electron chi connectivity index (χ4n) is 3.23. The minimum absolute atomic E-state index is 0.127. The summed E-state index contributed by atoms with van der Waals surface area (Å²) in [6.45, 7) is 3.53. The summed E-state index contributed by atoms with van der Waals surface area (Å²) in [7, 11) is 1.62. The highest BCUT2D eigenvalue weighted by molar-refractivity contribution is 5.95. The third kappa shape index (κ3) is 4.52. The molecule has 0 atom stereocenters. The predicted molar refractivity (Wildman–Crippen MR) is 96.1 cm³/mol. The van der Waals surface area contributed by atoms with Gasteiger partial charge in [0.2, 0.25) is 11.8 Å². The third-order valence-electron chi connectivity index (χ3n) is 5.00. The molecule has 26 heavy (non-hydrogen) atoms. The average Bonchev–Trinajstić information content (AvgIpc) is 2.67. The molecule has 1 aliphatic carbocycles. The molecular weight excluding hydrogens is 336 g/mol. The largest absolute Gasteiger partial charge is 0.475 e. The van der Waals surface area contributed by atoms with Crippen molar-refractivity contribution in [3.8, 4) is 5.88 Å². The Bertz CT molecular complexity index is 588. The Morgan fingerprint density at radius 2 is 1.92 bits per heavy atom. The van der Waals surface area contributed by atoms with Crippen LogP contribution in [0.25, 0.3) is 0 Å². The van der Waals surface area contributed by atoms with E-state index in [1.54, 1.807) is 25.4 Å². The van der Waals surface area contributed by atoms with Crippen LogP contribution in [0.1, 0.15) is 39.0 Å². The number of nitrogens with zero attached hydrogens (tertiary/aromatic N) is 1. The minimum Gasteiger partial charge on any atom is -0.475 e. The maximum Gasteiger partial charge on any atom is 0.235 e. The molecule has 1 aromatic heterocycles. The first kappa shape index (κ1) is 19.1. The Morgan fingerprint density at radius 3 is 2.54 bits per heavy atom. The number of methoxy groups -OCH3 is 1. The van der Waals surface area contributed by atoms with Crippen LogP contribution in [0.3, 0.4) is 0 Å². The molecule has 1 aliphatic heterocycles. The average molecular weight is 364 g/mol. The highest BCUT2D eigenvalue weighted by atomic mass is 16.7. The Kier molecular flexibility index (Phi) is 6.11. The van der Waals surface area contributed by atoms with Gasteiger partial charge in [-0.05, 0) is 25.8 Å². The summed E-state index contributed by atoms with van der Waals surface area (Å²) in [5.41, 5.74) is -0.0932. The number of anilines is 1. The molecule has 3 rings (SSSR count). The van der Waals surface area contributed by atoms with E-state index >= 15 is 0 Å². The number of aromatic nitrogens is 1. The van der Waals surface area contributed by atoms with Gasteiger partial charge in [0.05, 0.1) is 37.1 Å². The zero-order chi connectivity index (χ0) is 18.5. The van der Waals surface area contributed by atoms with Crippen LogP contribution >= 0.6 is 0 Å². The van der Waals surface area contributed by atoms with Gasteiger partial charge in [0.15, 0.2) is 5.79 Å². The Labute approximate surface area is 154 Å². The molecule has 2 fully saturated rings. The number of pyridine rings is 1. The van der Waals surface area contributed by atoms with Gasteiger partial charge in [0, 0.05) is 26.0 Å². The number of carbonyl (C=O) groups excluding carboxylic acids is 1. The van der Waals surface area contributed by atoms with E-state index in [-0.39, 0.29) is 5.91 Å². The highest BCUT2D eigenvalue weighted by Gasteiger charge is 2.46. The topological polar surface area (TPSA) is 78.9 Å². The van der Waals surface area contributed by atoms with Crippen molar-refractivity contribution in [2.45, 2.75) is 44.8 Å². The number of nitrogens with one attached hydrogen (secondary N) is 1. The normalized spacial score (nSPS) is 21.3. The third-order valence-corrected chi connectivity index (χ3v) is 5.00. The van der Waals surface area contributed by atoms with Crippen molar-refractivity contribution in [2.75, 3.05) is 38.9 Å². The summed E-state index contributed by atoms with van der Waals surface area (Å²) in [6, 6.07) is 3.49. The second-order valence-electron chi connectivity index (χ2n) is 7.29. The van der Waals surface area contributed by atoms with Crippen LogP contribution in [-0.4, -0.2) is 50.2 Å². The van der Waals surface area contributed by atoms with Crippen LogP contribution in [0.4, 0.5) is 5.69 Å². The van der Waals surface area contributed by atoms with E-state index in [0.717, 1.165) is 25.7 Å². The van der Waals surface area contributed by atoms with Gasteiger partial charge in [0.25, 0.3) is 0 Å². The molecule has 1 saturated heterocycles. The molecule has 2 aliphatic rings. The zero-order valence-corrected chi connectivity index (χ0v) is 15.6. The van der Waals surface area contributed by atoms with Gasteiger partial charge in [-0.3, -0.25) is 4.79 Å². The molecule has 0 bridgehead atoms. The van der Waals surface area contributed by atoms with Crippen LogP contribution < -0.4 is 10.1 Å². The van der Waals surface area contributed by atoms with E-state index in [9.17, 15) is 4.79 Å². The summed E-state index contributed by atoms with van der Waals surface area (Å²) in [5, 5.41) is 2.90. The predicted octanol–water partition coefficient (Wildman–Crippen LogP) is 2.76. The smallest absolute Gasteiger partial charge is 0.235 e. The lowest BCUT2D eigenvalue weighted by molar-refractivity contribution is -0.306. The number of rotatable bonds is 6. The first-order valence-corrected chi connectivity index (χ1v) is 9.22. The van der Waals surface area contributed by atoms with Gasteiger partial charge in [-0.25, -0.2) is 4.98 Å². The van der Waals surface area contributed by atoms with Crippen molar-refractivity contribution in [3.05, 3.63) is 18.3 Å². The molecule has 1 N–H and O–H groups in total. The lowest BCUT2D eigenvalue weighted by Gasteiger charge is -2.45.